The summed E-state index contributed by atoms with van der Waals surface area (Å²) in [5, 5.41) is 0. The van der Waals surface area contributed by atoms with E-state index >= 15 is 0 Å². The van der Waals surface area contributed by atoms with Crippen LogP contribution < -0.4 is 0 Å². The van der Waals surface area contributed by atoms with Crippen LogP contribution in [-0.4, -0.2) is 13.1 Å². The molecular formula is C10H12O2. The first-order valence-electron chi connectivity index (χ1n) is 3.51. The van der Waals surface area contributed by atoms with Crippen LogP contribution in [0.2, 0.25) is 0 Å². The van der Waals surface area contributed by atoms with Crippen LogP contribution in [0, 0.1) is 0 Å². The van der Waals surface area contributed by atoms with Gasteiger partial charge >= 0.3 is 5.97 Å². The van der Waals surface area contributed by atoms with Gasteiger partial charge in [0.05, 0.1) is 7.11 Å². The van der Waals surface area contributed by atoms with Gasteiger partial charge in [-0.2, -0.15) is 0 Å². The molecule has 0 aliphatic carbocycles. The van der Waals surface area contributed by atoms with E-state index in [1.54, 1.807) is 0 Å². The number of benzene rings is 1. The number of hydrogen-bond donors (Lipinski definition) is 0. The molecule has 0 bridgehead atoms. The lowest BCUT2D eigenvalue weighted by Gasteiger charge is -1.83. The fourth-order valence-corrected chi connectivity index (χ4v) is 0.468. The maximum atomic E-state index is 9.84. The van der Waals surface area contributed by atoms with E-state index in [1.807, 2.05) is 36.4 Å². The minimum Gasteiger partial charge on any atom is -0.466 e. The van der Waals surface area contributed by atoms with Crippen molar-refractivity contribution in [2.24, 2.45) is 0 Å². The van der Waals surface area contributed by atoms with Crippen molar-refractivity contribution in [1.82, 2.24) is 0 Å². The highest BCUT2D eigenvalue weighted by atomic mass is 16.5. The Bertz CT molecular complexity index is 190. The maximum Gasteiger partial charge on any atom is 0.329 e. The molecule has 0 saturated heterocycles. The molecule has 0 aliphatic rings. The fourth-order valence-electron chi connectivity index (χ4n) is 0.468. The zero-order valence-electron chi connectivity index (χ0n) is 7.07. The predicted octanol–water partition coefficient (Wildman–Crippen LogP) is 2.03. The molecule has 64 valence electrons. The van der Waals surface area contributed by atoms with Gasteiger partial charge in [-0.3, -0.25) is 0 Å². The van der Waals surface area contributed by atoms with E-state index in [9.17, 15) is 4.79 Å². The average molecular weight is 164 g/mol. The van der Waals surface area contributed by atoms with Crippen molar-refractivity contribution in [2.75, 3.05) is 7.11 Å². The van der Waals surface area contributed by atoms with Crippen LogP contribution in [0.4, 0.5) is 0 Å². The van der Waals surface area contributed by atoms with Gasteiger partial charge < -0.3 is 4.74 Å². The highest BCUT2D eigenvalue weighted by molar-refractivity contribution is 5.80. The molecule has 0 aliphatic heterocycles. The highest BCUT2D eigenvalue weighted by Gasteiger charge is 1.81. The van der Waals surface area contributed by atoms with Gasteiger partial charge in [0.2, 0.25) is 0 Å². The lowest BCUT2D eigenvalue weighted by Crippen LogP contribution is -1.91. The molecule has 1 aromatic rings. The van der Waals surface area contributed by atoms with E-state index in [1.165, 1.54) is 7.11 Å². The molecule has 0 radical (unpaired) electrons. The number of methoxy groups -OCH3 is 1. The molecule has 1 rings (SSSR count). The van der Waals surface area contributed by atoms with Gasteiger partial charge in [-0.25, -0.2) is 4.79 Å². The number of carbonyl (C=O) groups is 1. The minimum absolute atomic E-state index is 0.394. The van der Waals surface area contributed by atoms with Crippen LogP contribution in [0.3, 0.4) is 0 Å². The van der Waals surface area contributed by atoms with E-state index < -0.39 is 5.97 Å². The van der Waals surface area contributed by atoms with Crippen LogP contribution in [0.1, 0.15) is 0 Å². The Hall–Kier alpha value is -1.57. The predicted molar refractivity (Wildman–Crippen MR) is 48.7 cm³/mol. The largest absolute Gasteiger partial charge is 0.466 e. The van der Waals surface area contributed by atoms with Crippen molar-refractivity contribution in [3.63, 3.8) is 0 Å². The molecule has 0 heterocycles. The quantitative estimate of drug-likeness (QED) is 0.469. The number of hydrogen-bond acceptors (Lipinski definition) is 2. The zero-order chi connectivity index (χ0) is 9.23. The van der Waals surface area contributed by atoms with Gasteiger partial charge in [0, 0.05) is 6.08 Å². The van der Waals surface area contributed by atoms with Gasteiger partial charge in [0.25, 0.3) is 0 Å². The van der Waals surface area contributed by atoms with Crippen LogP contribution in [0.15, 0.2) is 49.1 Å². The van der Waals surface area contributed by atoms with E-state index in [0.29, 0.717) is 0 Å². The first-order chi connectivity index (χ1) is 5.81. The first-order valence-corrected chi connectivity index (χ1v) is 3.51. The molecule has 0 atom stereocenters. The van der Waals surface area contributed by atoms with Crippen molar-refractivity contribution in [1.29, 1.82) is 0 Å². The SMILES string of the molecule is C=CC(=O)OC.c1ccccc1. The molecular weight excluding hydrogens is 152 g/mol. The second-order valence-electron chi connectivity index (χ2n) is 1.88. The Morgan fingerprint density at radius 2 is 1.50 bits per heavy atom. The molecule has 2 heteroatoms. The Kier molecular flexibility index (Phi) is 6.55. The number of ether oxygens (including phenoxy) is 1. The number of rotatable bonds is 1. The minimum atomic E-state index is -0.394. The van der Waals surface area contributed by atoms with Crippen molar-refractivity contribution in [3.05, 3.63) is 49.1 Å². The molecule has 0 N–H and O–H groups in total. The van der Waals surface area contributed by atoms with Crippen LogP contribution in [0.5, 0.6) is 0 Å². The highest BCUT2D eigenvalue weighted by Crippen LogP contribution is 1.79. The van der Waals surface area contributed by atoms with Gasteiger partial charge in [-0.05, 0) is 0 Å². The summed E-state index contributed by atoms with van der Waals surface area (Å²) < 4.78 is 4.14. The lowest BCUT2D eigenvalue weighted by molar-refractivity contribution is -0.134. The topological polar surface area (TPSA) is 26.3 Å². The van der Waals surface area contributed by atoms with Gasteiger partial charge in [0.15, 0.2) is 0 Å². The van der Waals surface area contributed by atoms with Crippen LogP contribution >= 0.6 is 0 Å². The standard InChI is InChI=1S/C6H6.C4H6O2/c1-2-4-6-5-3-1;1-3-4(5)6-2/h1-6H;3H,1H2,2H3. The summed E-state index contributed by atoms with van der Waals surface area (Å²) in [6, 6.07) is 12.0. The van der Waals surface area contributed by atoms with Gasteiger partial charge in [-0.15, -0.1) is 0 Å². The second kappa shape index (κ2) is 7.54. The summed E-state index contributed by atoms with van der Waals surface area (Å²) in [6.07, 6.45) is 1.11. The molecule has 1 aromatic carbocycles. The third-order valence-electron chi connectivity index (χ3n) is 1.03. The van der Waals surface area contributed by atoms with Gasteiger partial charge in [0.1, 0.15) is 0 Å². The van der Waals surface area contributed by atoms with Crippen molar-refractivity contribution in [2.45, 2.75) is 0 Å². The smallest absolute Gasteiger partial charge is 0.329 e. The zero-order valence-corrected chi connectivity index (χ0v) is 7.07. The normalized spacial score (nSPS) is 7.42. The Morgan fingerprint density at radius 3 is 1.58 bits per heavy atom. The molecule has 0 aromatic heterocycles. The Balaban J connectivity index is 0.000000202. The van der Waals surface area contributed by atoms with E-state index in [4.69, 9.17) is 0 Å². The Labute approximate surface area is 72.5 Å². The van der Waals surface area contributed by atoms with Gasteiger partial charge in [-0.1, -0.05) is 43.0 Å². The third kappa shape index (κ3) is 6.55. The van der Waals surface area contributed by atoms with E-state index in [2.05, 4.69) is 11.3 Å². The van der Waals surface area contributed by atoms with Crippen molar-refractivity contribution >= 4 is 5.97 Å². The summed E-state index contributed by atoms with van der Waals surface area (Å²) in [5.41, 5.74) is 0. The van der Waals surface area contributed by atoms with E-state index in [0.717, 1.165) is 6.08 Å². The summed E-state index contributed by atoms with van der Waals surface area (Å²) in [5.74, 6) is -0.394. The summed E-state index contributed by atoms with van der Waals surface area (Å²) in [7, 11) is 1.31. The average Bonchev–Trinajstić information content (AvgIpc) is 2.20. The van der Waals surface area contributed by atoms with Crippen molar-refractivity contribution in [3.8, 4) is 0 Å². The molecule has 0 amide bonds. The second-order valence-corrected chi connectivity index (χ2v) is 1.88. The monoisotopic (exact) mass is 164 g/mol. The molecule has 0 unspecified atom stereocenters. The first kappa shape index (κ1) is 10.4. The molecule has 12 heavy (non-hydrogen) atoms. The molecule has 0 saturated carbocycles. The third-order valence-corrected chi connectivity index (χ3v) is 1.03. The van der Waals surface area contributed by atoms with Crippen molar-refractivity contribution < 1.29 is 9.53 Å². The van der Waals surface area contributed by atoms with Crippen LogP contribution in [-0.2, 0) is 9.53 Å². The van der Waals surface area contributed by atoms with E-state index in [-0.39, 0.29) is 0 Å². The number of esters is 1. The number of carbonyl (C=O) groups excluding carboxylic acids is 1. The maximum absolute atomic E-state index is 9.84. The van der Waals surface area contributed by atoms with Crippen LogP contribution in [0.25, 0.3) is 0 Å². The Morgan fingerprint density at radius 1 is 1.17 bits per heavy atom. The fraction of sp³-hybridized carbons (Fsp3) is 0.100. The summed E-state index contributed by atoms with van der Waals surface area (Å²) >= 11 is 0. The molecule has 0 fully saturated rings. The molecule has 2 nitrogen and oxygen atoms in total. The molecule has 0 spiro atoms. The summed E-state index contributed by atoms with van der Waals surface area (Å²) in [6.45, 7) is 3.16. The lowest BCUT2D eigenvalue weighted by atomic mass is 10.4. The summed E-state index contributed by atoms with van der Waals surface area (Å²) in [4.78, 5) is 9.84.